The fourth-order valence-corrected chi connectivity index (χ4v) is 2.78. The summed E-state index contributed by atoms with van der Waals surface area (Å²) < 4.78 is 1.57. The molecule has 0 spiro atoms. The summed E-state index contributed by atoms with van der Waals surface area (Å²) in [6, 6.07) is 1.64. The van der Waals surface area contributed by atoms with Gasteiger partial charge in [0.2, 0.25) is 0 Å². The number of aromatic nitrogens is 4. The molecule has 3 heterocycles. The number of nitrogens with zero attached hydrogens (tertiary/aromatic N) is 5. The molecule has 3 rings (SSSR count). The van der Waals surface area contributed by atoms with Crippen molar-refractivity contribution in [2.45, 2.75) is 18.4 Å². The Bertz CT molecular complexity index is 674. The Balaban J connectivity index is 1.61. The number of carbonyl (C=O) groups excluding carboxylic acids is 1. The Kier molecular flexibility index (Phi) is 4.24. The second-order valence-corrected chi connectivity index (χ2v) is 5.87. The van der Waals surface area contributed by atoms with Gasteiger partial charge in [-0.3, -0.25) is 14.5 Å². The van der Waals surface area contributed by atoms with Gasteiger partial charge in [-0.15, -0.1) is 0 Å². The molecule has 1 unspecified atom stereocenters. The van der Waals surface area contributed by atoms with Crippen LogP contribution in [0.15, 0.2) is 30.9 Å². The predicted octanol–water partition coefficient (Wildman–Crippen LogP) is -0.0286. The van der Waals surface area contributed by atoms with Crippen molar-refractivity contribution < 1.29 is 9.90 Å². The number of amides is 1. The van der Waals surface area contributed by atoms with Crippen molar-refractivity contribution in [3.63, 3.8) is 0 Å². The van der Waals surface area contributed by atoms with Crippen LogP contribution in [0.4, 0.5) is 5.82 Å². The third-order valence-electron chi connectivity index (χ3n) is 3.95. The van der Waals surface area contributed by atoms with E-state index in [0.29, 0.717) is 18.7 Å². The summed E-state index contributed by atoms with van der Waals surface area (Å²) in [5, 5.41) is 17.6. The molecule has 2 N–H and O–H groups in total. The SMILES string of the molecule is Cn1ccc(C(=O)NCC2(O)CCCN(c3cnccn3)C2)n1. The standard InChI is InChI=1S/C15H20N6O2/c1-20-8-3-12(19-20)14(22)18-10-15(23)4-2-7-21(11-15)13-9-16-5-6-17-13/h3,5-6,8-9,23H,2,4,7,10-11H2,1H3,(H,18,22). The van der Waals surface area contributed by atoms with Crippen molar-refractivity contribution in [1.29, 1.82) is 0 Å². The van der Waals surface area contributed by atoms with E-state index in [1.807, 2.05) is 4.90 Å². The highest BCUT2D eigenvalue weighted by Crippen LogP contribution is 2.23. The lowest BCUT2D eigenvalue weighted by atomic mass is 9.92. The Hall–Kier alpha value is -2.48. The molecule has 2 aromatic heterocycles. The van der Waals surface area contributed by atoms with Crippen molar-refractivity contribution in [2.75, 3.05) is 24.5 Å². The first-order valence-corrected chi connectivity index (χ1v) is 7.57. The second kappa shape index (κ2) is 6.33. The molecule has 8 heteroatoms. The van der Waals surface area contributed by atoms with Crippen LogP contribution in [-0.2, 0) is 7.05 Å². The van der Waals surface area contributed by atoms with Gasteiger partial charge in [0, 0.05) is 45.3 Å². The number of rotatable bonds is 4. The highest BCUT2D eigenvalue weighted by atomic mass is 16.3. The molecule has 0 aromatic carbocycles. The molecule has 0 aliphatic carbocycles. The van der Waals surface area contributed by atoms with E-state index in [2.05, 4.69) is 20.4 Å². The number of carbonyl (C=O) groups is 1. The predicted molar refractivity (Wildman–Crippen MR) is 84.0 cm³/mol. The normalized spacial score (nSPS) is 21.2. The summed E-state index contributed by atoms with van der Waals surface area (Å²) in [5.41, 5.74) is -0.641. The van der Waals surface area contributed by atoms with Gasteiger partial charge < -0.3 is 15.3 Å². The molecule has 122 valence electrons. The lowest BCUT2D eigenvalue weighted by Gasteiger charge is -2.39. The third kappa shape index (κ3) is 3.65. The molecule has 0 radical (unpaired) electrons. The van der Waals surface area contributed by atoms with Crippen LogP contribution in [0.1, 0.15) is 23.3 Å². The van der Waals surface area contributed by atoms with Crippen molar-refractivity contribution >= 4 is 11.7 Å². The minimum absolute atomic E-state index is 0.180. The molecule has 1 aliphatic heterocycles. The molecule has 1 atom stereocenters. The van der Waals surface area contributed by atoms with Gasteiger partial charge >= 0.3 is 0 Å². The summed E-state index contributed by atoms with van der Waals surface area (Å²) >= 11 is 0. The summed E-state index contributed by atoms with van der Waals surface area (Å²) in [7, 11) is 1.75. The zero-order chi connectivity index (χ0) is 16.3. The van der Waals surface area contributed by atoms with Gasteiger partial charge in [-0.2, -0.15) is 5.10 Å². The number of aliphatic hydroxyl groups is 1. The molecule has 1 fully saturated rings. The third-order valence-corrected chi connectivity index (χ3v) is 3.95. The van der Waals surface area contributed by atoms with Crippen molar-refractivity contribution in [3.8, 4) is 0 Å². The number of nitrogens with one attached hydrogen (secondary N) is 1. The van der Waals surface area contributed by atoms with Crippen LogP contribution < -0.4 is 10.2 Å². The van der Waals surface area contributed by atoms with Gasteiger partial charge in [0.05, 0.1) is 11.8 Å². The number of aryl methyl sites for hydroxylation is 1. The Morgan fingerprint density at radius 1 is 1.48 bits per heavy atom. The highest BCUT2D eigenvalue weighted by Gasteiger charge is 2.34. The molecule has 0 saturated carbocycles. The lowest BCUT2D eigenvalue weighted by molar-refractivity contribution is 0.0253. The van der Waals surface area contributed by atoms with Gasteiger partial charge in [0.15, 0.2) is 0 Å². The van der Waals surface area contributed by atoms with E-state index >= 15 is 0 Å². The molecule has 2 aromatic rings. The minimum Gasteiger partial charge on any atom is -0.386 e. The topological polar surface area (TPSA) is 96.2 Å². The van der Waals surface area contributed by atoms with E-state index in [0.717, 1.165) is 18.8 Å². The Morgan fingerprint density at radius 3 is 3.04 bits per heavy atom. The van der Waals surface area contributed by atoms with E-state index in [1.165, 1.54) is 0 Å². The summed E-state index contributed by atoms with van der Waals surface area (Å²) in [6.45, 7) is 1.41. The smallest absolute Gasteiger partial charge is 0.271 e. The van der Waals surface area contributed by atoms with Crippen LogP contribution >= 0.6 is 0 Å². The van der Waals surface area contributed by atoms with Gasteiger partial charge in [0.1, 0.15) is 11.5 Å². The molecule has 1 aliphatic rings. The van der Waals surface area contributed by atoms with Crippen LogP contribution in [0.5, 0.6) is 0 Å². The minimum atomic E-state index is -0.986. The maximum atomic E-state index is 12.1. The van der Waals surface area contributed by atoms with Crippen LogP contribution in [0.2, 0.25) is 0 Å². The maximum Gasteiger partial charge on any atom is 0.271 e. The Morgan fingerprint density at radius 2 is 2.35 bits per heavy atom. The van der Waals surface area contributed by atoms with E-state index in [-0.39, 0.29) is 12.5 Å². The monoisotopic (exact) mass is 316 g/mol. The van der Waals surface area contributed by atoms with Gasteiger partial charge in [-0.05, 0) is 18.9 Å². The average molecular weight is 316 g/mol. The average Bonchev–Trinajstić information content (AvgIpc) is 3.00. The van der Waals surface area contributed by atoms with Crippen LogP contribution in [0.25, 0.3) is 0 Å². The molecule has 1 saturated heterocycles. The first-order valence-electron chi connectivity index (χ1n) is 7.57. The van der Waals surface area contributed by atoms with E-state index in [1.54, 1.807) is 42.6 Å². The van der Waals surface area contributed by atoms with Crippen molar-refractivity contribution in [3.05, 3.63) is 36.5 Å². The van der Waals surface area contributed by atoms with Crippen LogP contribution in [0, 0.1) is 0 Å². The number of anilines is 1. The number of hydrogen-bond donors (Lipinski definition) is 2. The van der Waals surface area contributed by atoms with Gasteiger partial charge in [-0.25, -0.2) is 4.98 Å². The molecule has 0 bridgehead atoms. The highest BCUT2D eigenvalue weighted by molar-refractivity contribution is 5.92. The van der Waals surface area contributed by atoms with Crippen molar-refractivity contribution in [1.82, 2.24) is 25.1 Å². The first kappa shape index (κ1) is 15.4. The molecule has 8 nitrogen and oxygen atoms in total. The first-order chi connectivity index (χ1) is 11.1. The Labute approximate surface area is 134 Å². The molecular weight excluding hydrogens is 296 g/mol. The number of β-amino-alcohol motifs (C(OH)–C–C–N with tert-alkyl or cyclic N) is 1. The maximum absolute atomic E-state index is 12.1. The number of hydrogen-bond acceptors (Lipinski definition) is 6. The summed E-state index contributed by atoms with van der Waals surface area (Å²) in [6.07, 6.45) is 8.09. The van der Waals surface area contributed by atoms with Crippen LogP contribution in [-0.4, -0.2) is 56.0 Å². The summed E-state index contributed by atoms with van der Waals surface area (Å²) in [4.78, 5) is 22.4. The lowest BCUT2D eigenvalue weighted by Crippen LogP contribution is -2.54. The number of piperidine rings is 1. The van der Waals surface area contributed by atoms with Gasteiger partial charge in [-0.1, -0.05) is 0 Å². The van der Waals surface area contributed by atoms with Gasteiger partial charge in [0.25, 0.3) is 5.91 Å². The van der Waals surface area contributed by atoms with E-state index in [4.69, 9.17) is 0 Å². The van der Waals surface area contributed by atoms with Crippen molar-refractivity contribution in [2.24, 2.45) is 7.05 Å². The molecule has 23 heavy (non-hydrogen) atoms. The second-order valence-electron chi connectivity index (χ2n) is 5.87. The fourth-order valence-electron chi connectivity index (χ4n) is 2.78. The molecule has 1 amide bonds. The van der Waals surface area contributed by atoms with E-state index in [9.17, 15) is 9.90 Å². The zero-order valence-corrected chi connectivity index (χ0v) is 13.0. The molecular formula is C15H20N6O2. The fraction of sp³-hybridized carbons (Fsp3) is 0.467. The largest absolute Gasteiger partial charge is 0.386 e. The quantitative estimate of drug-likeness (QED) is 0.822. The van der Waals surface area contributed by atoms with Crippen LogP contribution in [0.3, 0.4) is 0 Å². The zero-order valence-electron chi connectivity index (χ0n) is 13.0. The summed E-state index contributed by atoms with van der Waals surface area (Å²) in [5.74, 6) is 0.456. The van der Waals surface area contributed by atoms with E-state index < -0.39 is 5.60 Å².